The highest BCUT2D eigenvalue weighted by Gasteiger charge is 2.49. The smallest absolute Gasteiger partial charge is 0.244 e. The van der Waals surface area contributed by atoms with Gasteiger partial charge in [0, 0.05) is 19.3 Å². The molecule has 1 aromatic rings. The molecule has 4 aliphatic carbocycles. The van der Waals surface area contributed by atoms with Crippen molar-refractivity contribution in [3.8, 4) is 0 Å². The average molecular weight is 309 g/mol. The van der Waals surface area contributed by atoms with Gasteiger partial charge < -0.3 is 0 Å². The van der Waals surface area contributed by atoms with E-state index in [-0.39, 0.29) is 6.04 Å². The van der Waals surface area contributed by atoms with Crippen LogP contribution in [0.3, 0.4) is 0 Å². The van der Waals surface area contributed by atoms with Gasteiger partial charge in [-0.2, -0.15) is 5.10 Å². The Balaban J connectivity index is 1.59. The molecule has 5 nitrogen and oxygen atoms in total. The molecule has 1 heterocycles. The van der Waals surface area contributed by atoms with Gasteiger partial charge in [-0.15, -0.1) is 0 Å². The van der Waals surface area contributed by atoms with Crippen molar-refractivity contribution in [2.24, 2.45) is 30.7 Å². The summed E-state index contributed by atoms with van der Waals surface area (Å²) in [6.07, 6.45) is 7.85. The first-order valence-electron chi connectivity index (χ1n) is 7.95. The lowest BCUT2D eigenvalue weighted by Gasteiger charge is -2.54. The lowest BCUT2D eigenvalue weighted by Crippen LogP contribution is -2.55. The standard InChI is InChI=1S/C15H23N3O2S/c1-9-14(8-18(2)16-9)21(19,20)17-15-12-4-10-3-11(6-12)7-13(15)5-10/h8,10-13,15,17H,3-7H2,1-2H3. The average Bonchev–Trinajstić information content (AvgIpc) is 2.73. The third-order valence-corrected chi connectivity index (χ3v) is 7.34. The molecule has 4 bridgehead atoms. The lowest BCUT2D eigenvalue weighted by molar-refractivity contribution is -0.00558. The fourth-order valence-electron chi connectivity index (χ4n) is 5.20. The van der Waals surface area contributed by atoms with Gasteiger partial charge in [-0.25, -0.2) is 13.1 Å². The number of nitrogens with one attached hydrogen (secondary N) is 1. The number of hydrogen-bond acceptors (Lipinski definition) is 3. The molecule has 21 heavy (non-hydrogen) atoms. The van der Waals surface area contributed by atoms with E-state index in [0.29, 0.717) is 22.4 Å². The van der Waals surface area contributed by atoms with Gasteiger partial charge in [0.05, 0.1) is 5.69 Å². The first-order chi connectivity index (χ1) is 9.92. The SMILES string of the molecule is Cc1nn(C)cc1S(=O)(=O)NC1C2CC3CC(C2)CC1C3. The highest BCUT2D eigenvalue weighted by atomic mass is 32.2. The predicted octanol–water partition coefficient (Wildman–Crippen LogP) is 1.83. The predicted molar refractivity (Wildman–Crippen MR) is 79.1 cm³/mol. The highest BCUT2D eigenvalue weighted by Crippen LogP contribution is 2.53. The fourth-order valence-corrected chi connectivity index (χ4v) is 6.79. The summed E-state index contributed by atoms with van der Waals surface area (Å²) in [5, 5.41) is 4.16. The van der Waals surface area contributed by atoms with E-state index in [1.54, 1.807) is 24.9 Å². The quantitative estimate of drug-likeness (QED) is 0.926. The van der Waals surface area contributed by atoms with E-state index in [0.717, 1.165) is 11.8 Å². The first-order valence-corrected chi connectivity index (χ1v) is 9.43. The zero-order valence-corrected chi connectivity index (χ0v) is 13.4. The van der Waals surface area contributed by atoms with Crippen LogP contribution in [0.2, 0.25) is 0 Å². The van der Waals surface area contributed by atoms with Crippen LogP contribution in [-0.2, 0) is 17.1 Å². The summed E-state index contributed by atoms with van der Waals surface area (Å²) in [7, 11) is -1.69. The lowest BCUT2D eigenvalue weighted by atomic mass is 9.54. The molecule has 0 spiro atoms. The van der Waals surface area contributed by atoms with Gasteiger partial charge in [0.2, 0.25) is 10.0 Å². The van der Waals surface area contributed by atoms with E-state index in [1.165, 1.54) is 32.1 Å². The van der Waals surface area contributed by atoms with Gasteiger partial charge in [-0.05, 0) is 62.7 Å². The van der Waals surface area contributed by atoms with Crippen LogP contribution in [0.15, 0.2) is 11.1 Å². The van der Waals surface area contributed by atoms with Crippen LogP contribution in [0.5, 0.6) is 0 Å². The summed E-state index contributed by atoms with van der Waals surface area (Å²) in [6, 6.07) is 0.141. The monoisotopic (exact) mass is 309 g/mol. The van der Waals surface area contributed by atoms with Crippen molar-refractivity contribution in [2.45, 2.75) is 50.0 Å². The molecular weight excluding hydrogens is 286 g/mol. The fraction of sp³-hybridized carbons (Fsp3) is 0.800. The molecule has 116 valence electrons. The minimum absolute atomic E-state index is 0.141. The third-order valence-electron chi connectivity index (χ3n) is 5.78. The number of aromatic nitrogens is 2. The van der Waals surface area contributed by atoms with E-state index in [4.69, 9.17) is 0 Å². The Morgan fingerprint density at radius 3 is 2.19 bits per heavy atom. The molecule has 0 radical (unpaired) electrons. The molecule has 0 amide bonds. The Bertz CT molecular complexity index is 636. The van der Waals surface area contributed by atoms with Gasteiger partial charge in [0.25, 0.3) is 0 Å². The second-order valence-electron chi connectivity index (χ2n) is 7.33. The number of sulfonamides is 1. The second kappa shape index (κ2) is 4.56. The minimum Gasteiger partial charge on any atom is -0.274 e. The second-order valence-corrected chi connectivity index (χ2v) is 9.01. The van der Waals surface area contributed by atoms with Crippen molar-refractivity contribution in [3.05, 3.63) is 11.9 Å². The Morgan fingerprint density at radius 2 is 1.71 bits per heavy atom. The summed E-state index contributed by atoms with van der Waals surface area (Å²) in [4.78, 5) is 0.332. The van der Waals surface area contributed by atoms with Crippen LogP contribution in [0.4, 0.5) is 0 Å². The molecule has 1 N–H and O–H groups in total. The van der Waals surface area contributed by atoms with E-state index < -0.39 is 10.0 Å². The van der Waals surface area contributed by atoms with Gasteiger partial charge in [0.1, 0.15) is 4.90 Å². The summed E-state index contributed by atoms with van der Waals surface area (Å²) >= 11 is 0. The van der Waals surface area contributed by atoms with Crippen LogP contribution in [-0.4, -0.2) is 24.2 Å². The molecule has 4 fully saturated rings. The van der Waals surface area contributed by atoms with E-state index in [1.807, 2.05) is 0 Å². The molecular formula is C15H23N3O2S. The topological polar surface area (TPSA) is 64.0 Å². The van der Waals surface area contributed by atoms with E-state index >= 15 is 0 Å². The van der Waals surface area contributed by atoms with Crippen LogP contribution in [0, 0.1) is 30.6 Å². The largest absolute Gasteiger partial charge is 0.274 e. The first kappa shape index (κ1) is 13.8. The van der Waals surface area contributed by atoms with Crippen LogP contribution >= 0.6 is 0 Å². The van der Waals surface area contributed by atoms with E-state index in [9.17, 15) is 8.42 Å². The zero-order chi connectivity index (χ0) is 14.8. The third kappa shape index (κ3) is 2.23. The summed E-state index contributed by atoms with van der Waals surface area (Å²) in [5.74, 6) is 2.81. The Labute approximate surface area is 126 Å². The maximum atomic E-state index is 12.7. The number of nitrogens with zero attached hydrogens (tertiary/aromatic N) is 2. The van der Waals surface area contributed by atoms with Crippen molar-refractivity contribution in [2.75, 3.05) is 0 Å². The molecule has 0 saturated heterocycles. The van der Waals surface area contributed by atoms with Gasteiger partial charge in [0.15, 0.2) is 0 Å². The van der Waals surface area contributed by atoms with Crippen molar-refractivity contribution in [1.29, 1.82) is 0 Å². The summed E-state index contributed by atoms with van der Waals surface area (Å²) < 4.78 is 30.0. The molecule has 1 aromatic heterocycles. The number of hydrogen-bond donors (Lipinski definition) is 1. The van der Waals surface area contributed by atoms with Gasteiger partial charge >= 0.3 is 0 Å². The number of rotatable bonds is 3. The van der Waals surface area contributed by atoms with Crippen LogP contribution in [0.1, 0.15) is 37.8 Å². The van der Waals surface area contributed by atoms with Crippen molar-refractivity contribution in [1.82, 2.24) is 14.5 Å². The summed E-state index contributed by atoms with van der Waals surface area (Å²) in [6.45, 7) is 1.76. The van der Waals surface area contributed by atoms with Crippen molar-refractivity contribution < 1.29 is 8.42 Å². The van der Waals surface area contributed by atoms with E-state index in [2.05, 4.69) is 9.82 Å². The minimum atomic E-state index is -3.45. The molecule has 0 unspecified atom stereocenters. The molecule has 0 atom stereocenters. The maximum Gasteiger partial charge on any atom is 0.244 e. The van der Waals surface area contributed by atoms with Crippen LogP contribution < -0.4 is 4.72 Å². The van der Waals surface area contributed by atoms with Crippen molar-refractivity contribution in [3.63, 3.8) is 0 Å². The molecule has 0 aromatic carbocycles. The molecule has 6 heteroatoms. The van der Waals surface area contributed by atoms with Crippen LogP contribution in [0.25, 0.3) is 0 Å². The van der Waals surface area contributed by atoms with Crippen molar-refractivity contribution >= 4 is 10.0 Å². The molecule has 4 aliphatic rings. The Hall–Kier alpha value is -0.880. The normalized spacial score (nSPS) is 38.1. The zero-order valence-electron chi connectivity index (χ0n) is 12.6. The maximum absolute atomic E-state index is 12.7. The highest BCUT2D eigenvalue weighted by molar-refractivity contribution is 7.89. The summed E-state index contributed by atoms with van der Waals surface area (Å²) in [5.41, 5.74) is 0.578. The van der Waals surface area contributed by atoms with Gasteiger partial charge in [-0.1, -0.05) is 0 Å². The molecule has 4 saturated carbocycles. The molecule has 0 aliphatic heterocycles. The number of aryl methyl sites for hydroxylation is 2. The Kier molecular flexibility index (Phi) is 2.99. The van der Waals surface area contributed by atoms with Gasteiger partial charge in [-0.3, -0.25) is 4.68 Å². The Morgan fingerprint density at radius 1 is 1.14 bits per heavy atom. The molecule has 5 rings (SSSR count).